The van der Waals surface area contributed by atoms with Crippen molar-refractivity contribution in [3.05, 3.63) is 40.7 Å². The Hall–Kier alpha value is -3.39. The van der Waals surface area contributed by atoms with Gasteiger partial charge < -0.3 is 20.3 Å². The highest BCUT2D eigenvalue weighted by molar-refractivity contribution is 7.92. The highest BCUT2D eigenvalue weighted by Gasteiger charge is 2.37. The third-order valence-electron chi connectivity index (χ3n) is 7.85. The number of nitrogens with one attached hydrogen (secondary N) is 2. The first-order valence-corrected chi connectivity index (χ1v) is 15.5. The number of benzene rings is 1. The Balaban J connectivity index is 1.53. The van der Waals surface area contributed by atoms with Crippen LogP contribution in [0.15, 0.2) is 23.5 Å². The summed E-state index contributed by atoms with van der Waals surface area (Å²) in [6.07, 6.45) is -0.0409. The van der Waals surface area contributed by atoms with Crippen LogP contribution in [0, 0.1) is 6.92 Å². The first-order chi connectivity index (χ1) is 19.6. The summed E-state index contributed by atoms with van der Waals surface area (Å²) >= 11 is 0. The minimum Gasteiger partial charge on any atom is -0.488 e. The fraction of sp³-hybridized carbons (Fsp3) is 0.536. The quantitative estimate of drug-likeness (QED) is 0.367. The van der Waals surface area contributed by atoms with Gasteiger partial charge in [0, 0.05) is 31.4 Å². The topological polar surface area (TPSA) is 114 Å². The van der Waals surface area contributed by atoms with Gasteiger partial charge in [0.05, 0.1) is 16.6 Å². The lowest BCUT2D eigenvalue weighted by Gasteiger charge is -2.31. The fourth-order valence-electron chi connectivity index (χ4n) is 5.69. The molecule has 3 aromatic rings. The Morgan fingerprint density at radius 3 is 2.45 bits per heavy atom. The Bertz CT molecular complexity index is 1600. The van der Waals surface area contributed by atoms with E-state index in [1.165, 1.54) is 37.3 Å². The number of hydrogen-bond acceptors (Lipinski definition) is 9. The summed E-state index contributed by atoms with van der Waals surface area (Å²) < 4.78 is 75.2. The fourth-order valence-corrected chi connectivity index (χ4v) is 6.79. The van der Waals surface area contributed by atoms with Crippen LogP contribution in [-0.2, 0) is 29.5 Å². The van der Waals surface area contributed by atoms with E-state index < -0.39 is 32.6 Å². The molecule has 1 unspecified atom stereocenters. The van der Waals surface area contributed by atoms with Gasteiger partial charge in [-0.05, 0) is 83.8 Å². The second-order valence-corrected chi connectivity index (χ2v) is 13.9. The molecule has 0 saturated carbocycles. The highest BCUT2D eigenvalue weighted by atomic mass is 32.2. The zero-order chi connectivity index (χ0) is 30.6. The van der Waals surface area contributed by atoms with Gasteiger partial charge in [0.15, 0.2) is 0 Å². The molecule has 1 atom stereocenters. The van der Waals surface area contributed by atoms with Crippen LogP contribution in [-0.4, -0.2) is 64.6 Å². The lowest BCUT2D eigenvalue weighted by Crippen LogP contribution is -2.29. The number of sulfone groups is 1. The number of aromatic nitrogens is 4. The van der Waals surface area contributed by atoms with Crippen molar-refractivity contribution in [2.24, 2.45) is 7.05 Å². The Kier molecular flexibility index (Phi) is 7.90. The first-order valence-electron chi connectivity index (χ1n) is 13.9. The molecule has 1 fully saturated rings. The molecule has 2 N–H and O–H groups in total. The predicted molar refractivity (Wildman–Crippen MR) is 154 cm³/mol. The van der Waals surface area contributed by atoms with Gasteiger partial charge >= 0.3 is 6.18 Å². The second kappa shape index (κ2) is 11.0. The zero-order valence-corrected chi connectivity index (χ0v) is 25.3. The average Bonchev–Trinajstić information content (AvgIpc) is 3.46. The summed E-state index contributed by atoms with van der Waals surface area (Å²) in [5.41, 5.74) is 2.79. The number of halogens is 3. The zero-order valence-electron chi connectivity index (χ0n) is 24.5. The minimum absolute atomic E-state index is 0.0509. The first kappa shape index (κ1) is 30.1. The van der Waals surface area contributed by atoms with Crippen molar-refractivity contribution >= 4 is 33.0 Å². The van der Waals surface area contributed by atoms with Crippen LogP contribution in [0.2, 0.25) is 0 Å². The Morgan fingerprint density at radius 2 is 1.81 bits per heavy atom. The number of aryl methyl sites for hydroxylation is 2. The maximum Gasteiger partial charge on any atom is 0.421 e. The van der Waals surface area contributed by atoms with E-state index in [1.54, 1.807) is 0 Å². The number of anilines is 4. The summed E-state index contributed by atoms with van der Waals surface area (Å²) in [6, 6.07) is 1.94. The third-order valence-corrected chi connectivity index (χ3v) is 9.93. The predicted octanol–water partition coefficient (Wildman–Crippen LogP) is 5.34. The lowest BCUT2D eigenvalue weighted by atomic mass is 9.82. The van der Waals surface area contributed by atoms with Crippen LogP contribution >= 0.6 is 0 Å². The van der Waals surface area contributed by atoms with Crippen molar-refractivity contribution < 1.29 is 26.3 Å². The molecule has 0 radical (unpaired) electrons. The van der Waals surface area contributed by atoms with Crippen LogP contribution in [0.1, 0.15) is 61.8 Å². The van der Waals surface area contributed by atoms with Crippen molar-refractivity contribution in [3.63, 3.8) is 0 Å². The smallest absolute Gasteiger partial charge is 0.421 e. The molecule has 1 aromatic carbocycles. The van der Waals surface area contributed by atoms with E-state index in [0.29, 0.717) is 23.6 Å². The summed E-state index contributed by atoms with van der Waals surface area (Å²) in [7, 11) is -0.292. The normalized spacial score (nSPS) is 18.3. The number of hydrogen-bond donors (Lipinski definition) is 2. The van der Waals surface area contributed by atoms with Gasteiger partial charge in [0.25, 0.3) is 0 Å². The van der Waals surface area contributed by atoms with Crippen molar-refractivity contribution in [1.82, 2.24) is 24.6 Å². The molecule has 14 heteroatoms. The lowest BCUT2D eigenvalue weighted by molar-refractivity contribution is -0.137. The second-order valence-electron chi connectivity index (χ2n) is 11.5. The van der Waals surface area contributed by atoms with Gasteiger partial charge in [-0.2, -0.15) is 23.3 Å². The van der Waals surface area contributed by atoms with E-state index in [4.69, 9.17) is 4.74 Å². The van der Waals surface area contributed by atoms with E-state index in [0.717, 1.165) is 43.5 Å². The molecule has 0 spiro atoms. The summed E-state index contributed by atoms with van der Waals surface area (Å²) in [4.78, 5) is 10.4. The SMILES string of the molecule is Cc1cc(Nc2ncc(C(F)(F)F)c(Nc3cn(C)nc3S(=O)(=O)C(C)C)n2)c2c(c1C1CCN(C)CC1)CC(C)O2. The molecular formula is C28H36F3N7O3S. The summed E-state index contributed by atoms with van der Waals surface area (Å²) in [5.74, 6) is 0.377. The standard InChI is InChI=1S/C28H36F3N7O3S/c1-15(2)42(39,40)26-22(14-38(6)36-26)33-25-20(28(29,30)31)13-32-27(35-25)34-21-11-16(3)23(18-7-9-37(5)10-8-18)19-12-17(4)41-24(19)21/h11,13-15,17-18H,7-10,12H2,1-6H3,(H2,32,33,34,35). The molecule has 2 aliphatic heterocycles. The van der Waals surface area contributed by atoms with E-state index in [9.17, 15) is 21.6 Å². The number of likely N-dealkylation sites (tertiary alicyclic amines) is 1. The summed E-state index contributed by atoms with van der Waals surface area (Å²) in [6.45, 7) is 9.02. The van der Waals surface area contributed by atoms with Crippen molar-refractivity contribution in [2.75, 3.05) is 30.8 Å². The van der Waals surface area contributed by atoms with Gasteiger partial charge in [-0.25, -0.2) is 13.4 Å². The van der Waals surface area contributed by atoms with Gasteiger partial charge in [-0.3, -0.25) is 4.68 Å². The molecule has 0 bridgehead atoms. The molecule has 0 amide bonds. The van der Waals surface area contributed by atoms with Gasteiger partial charge in [0.1, 0.15) is 23.2 Å². The number of ether oxygens (including phenoxy) is 1. The number of piperidine rings is 1. The molecule has 2 aromatic heterocycles. The van der Waals surface area contributed by atoms with Crippen molar-refractivity contribution in [3.8, 4) is 5.75 Å². The van der Waals surface area contributed by atoms with Crippen LogP contribution in [0.3, 0.4) is 0 Å². The Labute approximate surface area is 243 Å². The maximum absolute atomic E-state index is 14.0. The molecule has 42 heavy (non-hydrogen) atoms. The number of nitrogens with zero attached hydrogens (tertiary/aromatic N) is 5. The van der Waals surface area contributed by atoms with Crippen molar-refractivity contribution in [1.29, 1.82) is 0 Å². The summed E-state index contributed by atoms with van der Waals surface area (Å²) in [5, 5.41) is 8.45. The maximum atomic E-state index is 14.0. The van der Waals surface area contributed by atoms with Crippen LogP contribution < -0.4 is 15.4 Å². The molecule has 5 rings (SSSR count). The highest BCUT2D eigenvalue weighted by Crippen LogP contribution is 2.46. The van der Waals surface area contributed by atoms with Gasteiger partial charge in [0.2, 0.25) is 20.8 Å². The number of fused-ring (bicyclic) bond motifs is 1. The van der Waals surface area contributed by atoms with E-state index in [1.807, 2.05) is 19.9 Å². The van der Waals surface area contributed by atoms with Crippen LogP contribution in [0.4, 0.5) is 36.3 Å². The Morgan fingerprint density at radius 1 is 1.12 bits per heavy atom. The monoisotopic (exact) mass is 607 g/mol. The van der Waals surface area contributed by atoms with Crippen molar-refractivity contribution in [2.45, 2.75) is 75.4 Å². The molecule has 228 valence electrons. The van der Waals surface area contributed by atoms with Gasteiger partial charge in [-0.15, -0.1) is 0 Å². The molecule has 1 saturated heterocycles. The largest absolute Gasteiger partial charge is 0.488 e. The van der Waals surface area contributed by atoms with E-state index >= 15 is 0 Å². The molecule has 4 heterocycles. The average molecular weight is 608 g/mol. The molecule has 0 aliphatic carbocycles. The number of rotatable bonds is 7. The van der Waals surface area contributed by atoms with E-state index in [-0.39, 0.29) is 22.8 Å². The van der Waals surface area contributed by atoms with Crippen LogP contribution in [0.5, 0.6) is 5.75 Å². The van der Waals surface area contributed by atoms with Gasteiger partial charge in [-0.1, -0.05) is 0 Å². The molecule has 10 nitrogen and oxygen atoms in total. The molecule has 2 aliphatic rings. The number of alkyl halides is 3. The third kappa shape index (κ3) is 5.78. The molecular weight excluding hydrogens is 571 g/mol. The minimum atomic E-state index is -4.80. The van der Waals surface area contributed by atoms with Crippen LogP contribution in [0.25, 0.3) is 0 Å². The van der Waals surface area contributed by atoms with E-state index in [2.05, 4.69) is 37.6 Å².